The zero-order valence-electron chi connectivity index (χ0n) is 12.6. The predicted octanol–water partition coefficient (Wildman–Crippen LogP) is 3.39. The Balaban J connectivity index is 2.38. The first-order chi connectivity index (χ1) is 10.2. The largest absolute Gasteiger partial charge is 0.496 e. The first-order valence-corrected chi connectivity index (χ1v) is 7.04. The highest BCUT2D eigenvalue weighted by Gasteiger charge is 2.18. The predicted molar refractivity (Wildman–Crippen MR) is 86.5 cm³/mol. The summed E-state index contributed by atoms with van der Waals surface area (Å²) in [7, 11) is 3.62. The maximum absolute atomic E-state index is 6.27. The van der Waals surface area contributed by atoms with Gasteiger partial charge >= 0.3 is 0 Å². The SMILES string of the molecule is CCc1nc(-c2c(OC)ccc3ccccc23)c(N)n1C. The lowest BCUT2D eigenvalue weighted by molar-refractivity contribution is 0.417. The van der Waals surface area contributed by atoms with E-state index in [1.807, 2.05) is 29.8 Å². The number of aromatic nitrogens is 2. The van der Waals surface area contributed by atoms with E-state index in [1.54, 1.807) is 7.11 Å². The van der Waals surface area contributed by atoms with Crippen molar-refractivity contribution in [3.8, 4) is 17.0 Å². The third kappa shape index (κ3) is 2.03. The van der Waals surface area contributed by atoms with Crippen LogP contribution in [0.4, 0.5) is 5.82 Å². The van der Waals surface area contributed by atoms with Crippen LogP contribution in [-0.4, -0.2) is 16.7 Å². The Morgan fingerprint density at radius 1 is 1.19 bits per heavy atom. The van der Waals surface area contributed by atoms with Crippen LogP contribution in [0.2, 0.25) is 0 Å². The Morgan fingerprint density at radius 2 is 1.95 bits per heavy atom. The number of nitrogen functional groups attached to an aromatic ring is 1. The minimum atomic E-state index is 0.668. The van der Waals surface area contributed by atoms with Crippen molar-refractivity contribution < 1.29 is 4.74 Å². The van der Waals surface area contributed by atoms with Crippen LogP contribution in [0.25, 0.3) is 22.0 Å². The Bertz CT molecular complexity index is 805. The monoisotopic (exact) mass is 281 g/mol. The number of methoxy groups -OCH3 is 1. The molecule has 1 aromatic heterocycles. The second kappa shape index (κ2) is 5.13. The van der Waals surface area contributed by atoms with Crippen LogP contribution in [0.15, 0.2) is 36.4 Å². The van der Waals surface area contributed by atoms with Crippen molar-refractivity contribution >= 4 is 16.6 Å². The molecule has 21 heavy (non-hydrogen) atoms. The fraction of sp³-hybridized carbons (Fsp3) is 0.235. The molecule has 2 N–H and O–H groups in total. The van der Waals surface area contributed by atoms with E-state index in [-0.39, 0.29) is 0 Å². The summed E-state index contributed by atoms with van der Waals surface area (Å²) in [5.41, 5.74) is 8.03. The average molecular weight is 281 g/mol. The van der Waals surface area contributed by atoms with E-state index in [4.69, 9.17) is 15.5 Å². The van der Waals surface area contributed by atoms with E-state index in [0.717, 1.165) is 40.0 Å². The van der Waals surface area contributed by atoms with Crippen molar-refractivity contribution in [1.29, 1.82) is 0 Å². The van der Waals surface area contributed by atoms with E-state index >= 15 is 0 Å². The molecule has 0 saturated carbocycles. The molecule has 0 amide bonds. The van der Waals surface area contributed by atoms with Gasteiger partial charge in [0.15, 0.2) is 0 Å². The van der Waals surface area contributed by atoms with Gasteiger partial charge in [-0.2, -0.15) is 0 Å². The molecule has 0 atom stereocenters. The number of aryl methyl sites for hydroxylation is 1. The standard InChI is InChI=1S/C17H19N3O/c1-4-14-19-16(17(18)20(14)2)15-12-8-6-5-7-11(12)9-10-13(15)21-3/h5-10H,4,18H2,1-3H3. The summed E-state index contributed by atoms with van der Waals surface area (Å²) in [4.78, 5) is 4.71. The molecule has 0 aliphatic rings. The van der Waals surface area contributed by atoms with Crippen LogP contribution in [0.5, 0.6) is 5.75 Å². The molecule has 3 aromatic rings. The zero-order valence-corrected chi connectivity index (χ0v) is 12.6. The smallest absolute Gasteiger partial charge is 0.131 e. The molecule has 0 spiro atoms. The van der Waals surface area contributed by atoms with Crippen LogP contribution in [0.3, 0.4) is 0 Å². The highest BCUT2D eigenvalue weighted by molar-refractivity contribution is 6.00. The van der Waals surface area contributed by atoms with Gasteiger partial charge in [-0.1, -0.05) is 37.3 Å². The number of benzene rings is 2. The molecule has 2 aromatic carbocycles. The molecule has 0 fully saturated rings. The van der Waals surface area contributed by atoms with Crippen LogP contribution < -0.4 is 10.5 Å². The molecule has 0 aliphatic heterocycles. The summed E-state index contributed by atoms with van der Waals surface area (Å²) in [6.45, 7) is 2.08. The summed E-state index contributed by atoms with van der Waals surface area (Å²) in [5.74, 6) is 2.43. The van der Waals surface area contributed by atoms with Gasteiger partial charge in [-0.3, -0.25) is 0 Å². The van der Waals surface area contributed by atoms with E-state index in [0.29, 0.717) is 5.82 Å². The topological polar surface area (TPSA) is 53.1 Å². The Kier molecular flexibility index (Phi) is 3.29. The third-order valence-electron chi connectivity index (χ3n) is 3.90. The molecule has 1 heterocycles. The molecule has 0 radical (unpaired) electrons. The fourth-order valence-corrected chi connectivity index (χ4v) is 2.73. The minimum Gasteiger partial charge on any atom is -0.496 e. The van der Waals surface area contributed by atoms with Gasteiger partial charge in [0, 0.05) is 13.5 Å². The number of ether oxygens (including phenoxy) is 1. The average Bonchev–Trinajstić information content (AvgIpc) is 2.81. The van der Waals surface area contributed by atoms with Gasteiger partial charge < -0.3 is 15.0 Å². The molecule has 0 unspecified atom stereocenters. The van der Waals surface area contributed by atoms with Crippen LogP contribution >= 0.6 is 0 Å². The Morgan fingerprint density at radius 3 is 2.62 bits per heavy atom. The number of fused-ring (bicyclic) bond motifs is 1. The van der Waals surface area contributed by atoms with Gasteiger partial charge in [0.25, 0.3) is 0 Å². The summed E-state index contributed by atoms with van der Waals surface area (Å²) >= 11 is 0. The maximum atomic E-state index is 6.27. The number of nitrogens with two attached hydrogens (primary N) is 1. The Hall–Kier alpha value is -2.49. The van der Waals surface area contributed by atoms with Crippen molar-refractivity contribution in [3.05, 3.63) is 42.2 Å². The summed E-state index contributed by atoms with van der Waals surface area (Å²) < 4.78 is 7.48. The van der Waals surface area contributed by atoms with Gasteiger partial charge in [-0.15, -0.1) is 0 Å². The van der Waals surface area contributed by atoms with Gasteiger partial charge in [0.05, 0.1) is 12.7 Å². The molecular formula is C17H19N3O. The first-order valence-electron chi connectivity index (χ1n) is 7.04. The van der Waals surface area contributed by atoms with Crippen molar-refractivity contribution in [1.82, 2.24) is 9.55 Å². The quantitative estimate of drug-likeness (QED) is 0.800. The zero-order chi connectivity index (χ0) is 15.0. The van der Waals surface area contributed by atoms with Crippen molar-refractivity contribution in [2.75, 3.05) is 12.8 Å². The molecule has 108 valence electrons. The van der Waals surface area contributed by atoms with E-state index in [9.17, 15) is 0 Å². The van der Waals surface area contributed by atoms with Crippen LogP contribution in [-0.2, 0) is 13.5 Å². The second-order valence-corrected chi connectivity index (χ2v) is 5.04. The number of anilines is 1. The maximum Gasteiger partial charge on any atom is 0.131 e. The van der Waals surface area contributed by atoms with E-state index < -0.39 is 0 Å². The van der Waals surface area contributed by atoms with Crippen molar-refractivity contribution in [2.24, 2.45) is 7.05 Å². The summed E-state index contributed by atoms with van der Waals surface area (Å²) in [6.07, 6.45) is 0.841. The minimum absolute atomic E-state index is 0.668. The number of hydrogen-bond donors (Lipinski definition) is 1. The summed E-state index contributed by atoms with van der Waals surface area (Å²) in [5, 5.41) is 2.25. The van der Waals surface area contributed by atoms with Gasteiger partial charge in [-0.05, 0) is 16.8 Å². The molecule has 0 bridgehead atoms. The number of rotatable bonds is 3. The molecule has 3 rings (SSSR count). The van der Waals surface area contributed by atoms with E-state index in [1.165, 1.54) is 0 Å². The third-order valence-corrected chi connectivity index (χ3v) is 3.90. The first kappa shape index (κ1) is 13.5. The number of imidazole rings is 1. The lowest BCUT2D eigenvalue weighted by Crippen LogP contribution is -2.00. The van der Waals surface area contributed by atoms with Crippen LogP contribution in [0, 0.1) is 0 Å². The molecule has 4 nitrogen and oxygen atoms in total. The van der Waals surface area contributed by atoms with Gasteiger partial charge in [-0.25, -0.2) is 4.98 Å². The second-order valence-electron chi connectivity index (χ2n) is 5.04. The van der Waals surface area contributed by atoms with Crippen LogP contribution in [0.1, 0.15) is 12.7 Å². The van der Waals surface area contributed by atoms with E-state index in [2.05, 4.69) is 25.1 Å². The Labute approximate surface area is 124 Å². The molecule has 4 heteroatoms. The number of hydrogen-bond acceptors (Lipinski definition) is 3. The molecule has 0 saturated heterocycles. The highest BCUT2D eigenvalue weighted by atomic mass is 16.5. The molecular weight excluding hydrogens is 262 g/mol. The van der Waals surface area contributed by atoms with Gasteiger partial charge in [0.2, 0.25) is 0 Å². The number of nitrogens with zero attached hydrogens (tertiary/aromatic N) is 2. The molecule has 0 aliphatic carbocycles. The lowest BCUT2D eigenvalue weighted by Gasteiger charge is -2.11. The van der Waals surface area contributed by atoms with Gasteiger partial charge in [0.1, 0.15) is 23.1 Å². The van der Waals surface area contributed by atoms with Crippen molar-refractivity contribution in [3.63, 3.8) is 0 Å². The normalized spacial score (nSPS) is 11.0. The highest BCUT2D eigenvalue weighted by Crippen LogP contribution is 2.39. The summed E-state index contributed by atoms with van der Waals surface area (Å²) in [6, 6.07) is 12.2. The lowest BCUT2D eigenvalue weighted by atomic mass is 10.0. The fourth-order valence-electron chi connectivity index (χ4n) is 2.73. The van der Waals surface area contributed by atoms with Crippen molar-refractivity contribution in [2.45, 2.75) is 13.3 Å².